The summed E-state index contributed by atoms with van der Waals surface area (Å²) in [5.74, 6) is -0.326. The Labute approximate surface area is 154 Å². The monoisotopic (exact) mass is 348 g/mol. The third-order valence-corrected chi connectivity index (χ3v) is 4.23. The molecule has 3 rings (SSSR count). The van der Waals surface area contributed by atoms with Crippen LogP contribution in [0, 0.1) is 0 Å². The fraction of sp³-hybridized carbons (Fsp3) is 0.261. The molecule has 0 aliphatic carbocycles. The molecular formula is C23H24O3. The van der Waals surface area contributed by atoms with Gasteiger partial charge in [0, 0.05) is 0 Å². The lowest BCUT2D eigenvalue weighted by atomic mass is 9.93. The average molecular weight is 348 g/mol. The molecule has 26 heavy (non-hydrogen) atoms. The molecule has 0 saturated heterocycles. The van der Waals surface area contributed by atoms with Crippen LogP contribution in [0.3, 0.4) is 0 Å². The van der Waals surface area contributed by atoms with Crippen LogP contribution in [0.2, 0.25) is 0 Å². The van der Waals surface area contributed by atoms with Crippen molar-refractivity contribution in [3.8, 4) is 11.1 Å². The van der Waals surface area contributed by atoms with Crippen molar-refractivity contribution >= 4 is 16.7 Å². The van der Waals surface area contributed by atoms with Crippen LogP contribution in [-0.2, 0) is 16.1 Å². The Hall–Kier alpha value is -2.65. The quantitative estimate of drug-likeness (QED) is 0.575. The zero-order valence-corrected chi connectivity index (χ0v) is 15.7. The van der Waals surface area contributed by atoms with E-state index in [9.17, 15) is 4.79 Å². The van der Waals surface area contributed by atoms with Crippen LogP contribution in [0.5, 0.6) is 0 Å². The van der Waals surface area contributed by atoms with Crippen molar-refractivity contribution in [1.29, 1.82) is 0 Å². The van der Waals surface area contributed by atoms with E-state index in [4.69, 9.17) is 9.47 Å². The fourth-order valence-electron chi connectivity index (χ4n) is 2.96. The van der Waals surface area contributed by atoms with Crippen LogP contribution in [0.25, 0.3) is 21.9 Å². The highest BCUT2D eigenvalue weighted by atomic mass is 16.5. The van der Waals surface area contributed by atoms with Crippen molar-refractivity contribution in [3.05, 3.63) is 71.8 Å². The lowest BCUT2D eigenvalue weighted by molar-refractivity contribution is -0.0149. The van der Waals surface area contributed by atoms with Crippen molar-refractivity contribution in [2.45, 2.75) is 33.0 Å². The smallest absolute Gasteiger partial charge is 0.339 e. The van der Waals surface area contributed by atoms with Gasteiger partial charge >= 0.3 is 5.97 Å². The van der Waals surface area contributed by atoms with Gasteiger partial charge in [-0.25, -0.2) is 4.79 Å². The average Bonchev–Trinajstić information content (AvgIpc) is 2.64. The maximum atomic E-state index is 12.5. The van der Waals surface area contributed by atoms with Gasteiger partial charge in [0.1, 0.15) is 0 Å². The molecule has 0 bridgehead atoms. The molecule has 0 aromatic heterocycles. The maximum absolute atomic E-state index is 12.5. The molecule has 3 heteroatoms. The number of ether oxygens (including phenoxy) is 2. The Morgan fingerprint density at radius 3 is 2.46 bits per heavy atom. The highest BCUT2D eigenvalue weighted by Crippen LogP contribution is 2.31. The van der Waals surface area contributed by atoms with Crippen LogP contribution < -0.4 is 0 Å². The minimum atomic E-state index is -0.326. The van der Waals surface area contributed by atoms with Crippen LogP contribution in [0.1, 0.15) is 36.7 Å². The number of carbonyl (C=O) groups excluding carboxylic acids is 1. The molecule has 0 spiro atoms. The largest absolute Gasteiger partial charge is 0.465 e. The second kappa shape index (κ2) is 7.30. The first-order valence-electron chi connectivity index (χ1n) is 8.72. The van der Waals surface area contributed by atoms with Crippen molar-refractivity contribution in [2.24, 2.45) is 0 Å². The first kappa shape index (κ1) is 18.2. The second-order valence-corrected chi connectivity index (χ2v) is 7.30. The minimum absolute atomic E-state index is 0.198. The summed E-state index contributed by atoms with van der Waals surface area (Å²) in [4.78, 5) is 12.5. The molecule has 3 nitrogen and oxygen atoms in total. The SMILES string of the molecule is COC(=O)c1c(-c2cccc(COC(C)(C)C)c2)ccc2ccccc12. The topological polar surface area (TPSA) is 35.5 Å². The number of esters is 1. The van der Waals surface area contributed by atoms with Crippen molar-refractivity contribution < 1.29 is 14.3 Å². The molecular weight excluding hydrogens is 324 g/mol. The molecule has 0 aliphatic rings. The fourth-order valence-corrected chi connectivity index (χ4v) is 2.96. The summed E-state index contributed by atoms with van der Waals surface area (Å²) in [6.07, 6.45) is 0. The van der Waals surface area contributed by atoms with E-state index in [0.29, 0.717) is 12.2 Å². The van der Waals surface area contributed by atoms with Crippen molar-refractivity contribution in [1.82, 2.24) is 0 Å². The summed E-state index contributed by atoms with van der Waals surface area (Å²) in [5.41, 5.74) is 3.32. The van der Waals surface area contributed by atoms with E-state index in [1.165, 1.54) is 7.11 Å². The highest BCUT2D eigenvalue weighted by molar-refractivity contribution is 6.10. The van der Waals surface area contributed by atoms with Gasteiger partial charge in [0.15, 0.2) is 0 Å². The van der Waals surface area contributed by atoms with Crippen LogP contribution in [-0.4, -0.2) is 18.7 Å². The Balaban J connectivity index is 2.09. The Kier molecular flexibility index (Phi) is 5.10. The van der Waals surface area contributed by atoms with Gasteiger partial charge in [0.25, 0.3) is 0 Å². The number of benzene rings is 3. The van der Waals surface area contributed by atoms with Crippen LogP contribution >= 0.6 is 0 Å². The zero-order valence-electron chi connectivity index (χ0n) is 15.7. The molecule has 0 aliphatic heterocycles. The standard InChI is InChI=1S/C23H24O3/c1-23(2,3)26-15-16-8-7-10-18(14-16)20-13-12-17-9-5-6-11-19(17)21(20)22(24)25-4/h5-14H,15H2,1-4H3. The number of carbonyl (C=O) groups is 1. The molecule has 3 aromatic carbocycles. The molecule has 0 unspecified atom stereocenters. The van der Waals surface area contributed by atoms with Crippen LogP contribution in [0.4, 0.5) is 0 Å². The molecule has 0 saturated carbocycles. The van der Waals surface area contributed by atoms with E-state index in [1.807, 2.05) is 75.4 Å². The normalized spacial score (nSPS) is 11.5. The summed E-state index contributed by atoms with van der Waals surface area (Å²) < 4.78 is 10.9. The molecule has 0 heterocycles. The first-order chi connectivity index (χ1) is 12.4. The van der Waals surface area contributed by atoms with E-state index in [2.05, 4.69) is 6.07 Å². The van der Waals surface area contributed by atoms with Gasteiger partial charge < -0.3 is 9.47 Å². The van der Waals surface area contributed by atoms with Gasteiger partial charge in [0.2, 0.25) is 0 Å². The Bertz CT molecular complexity index is 936. The summed E-state index contributed by atoms with van der Waals surface area (Å²) in [7, 11) is 1.42. The van der Waals surface area contributed by atoms with Gasteiger partial charge in [-0.15, -0.1) is 0 Å². The van der Waals surface area contributed by atoms with Gasteiger partial charge in [0.05, 0.1) is 24.9 Å². The number of hydrogen-bond acceptors (Lipinski definition) is 3. The molecule has 0 amide bonds. The molecule has 0 fully saturated rings. The van der Waals surface area contributed by atoms with E-state index in [0.717, 1.165) is 27.5 Å². The highest BCUT2D eigenvalue weighted by Gasteiger charge is 2.17. The number of methoxy groups -OCH3 is 1. The van der Waals surface area contributed by atoms with Gasteiger partial charge in [-0.2, -0.15) is 0 Å². The summed E-state index contributed by atoms with van der Waals surface area (Å²) >= 11 is 0. The van der Waals surface area contributed by atoms with E-state index >= 15 is 0 Å². The second-order valence-electron chi connectivity index (χ2n) is 7.30. The third kappa shape index (κ3) is 3.94. The predicted octanol–water partition coefficient (Wildman–Crippen LogP) is 5.61. The van der Waals surface area contributed by atoms with Gasteiger partial charge in [-0.05, 0) is 54.3 Å². The van der Waals surface area contributed by atoms with Crippen LogP contribution in [0.15, 0.2) is 60.7 Å². The summed E-state index contributed by atoms with van der Waals surface area (Å²) in [6.45, 7) is 6.64. The number of rotatable bonds is 4. The predicted molar refractivity (Wildman–Crippen MR) is 105 cm³/mol. The first-order valence-corrected chi connectivity index (χ1v) is 8.72. The molecule has 134 valence electrons. The minimum Gasteiger partial charge on any atom is -0.465 e. The van der Waals surface area contributed by atoms with E-state index < -0.39 is 0 Å². The van der Waals surface area contributed by atoms with Crippen molar-refractivity contribution in [3.63, 3.8) is 0 Å². The Morgan fingerprint density at radius 1 is 0.962 bits per heavy atom. The Morgan fingerprint density at radius 2 is 1.73 bits per heavy atom. The molecule has 0 N–H and O–H groups in total. The maximum Gasteiger partial charge on any atom is 0.339 e. The van der Waals surface area contributed by atoms with E-state index in [-0.39, 0.29) is 11.6 Å². The van der Waals surface area contributed by atoms with Gasteiger partial charge in [-0.3, -0.25) is 0 Å². The lowest BCUT2D eigenvalue weighted by Gasteiger charge is -2.20. The lowest BCUT2D eigenvalue weighted by Crippen LogP contribution is -2.18. The third-order valence-electron chi connectivity index (χ3n) is 4.23. The number of fused-ring (bicyclic) bond motifs is 1. The van der Waals surface area contributed by atoms with Crippen molar-refractivity contribution in [2.75, 3.05) is 7.11 Å². The summed E-state index contributed by atoms with van der Waals surface area (Å²) in [6, 6.07) is 20.0. The molecule has 0 radical (unpaired) electrons. The van der Waals surface area contributed by atoms with E-state index in [1.54, 1.807) is 0 Å². The number of hydrogen-bond donors (Lipinski definition) is 0. The molecule has 0 atom stereocenters. The van der Waals surface area contributed by atoms with Gasteiger partial charge in [-0.1, -0.05) is 54.6 Å². The zero-order chi connectivity index (χ0) is 18.7. The molecule has 3 aromatic rings. The summed E-state index contributed by atoms with van der Waals surface area (Å²) in [5, 5.41) is 1.91.